The van der Waals surface area contributed by atoms with Gasteiger partial charge in [-0.3, -0.25) is 0 Å². The zero-order valence-electron chi connectivity index (χ0n) is 9.69. The Morgan fingerprint density at radius 3 is 2.41 bits per heavy atom. The van der Waals surface area contributed by atoms with Crippen LogP contribution in [0.4, 0.5) is 5.00 Å². The first-order valence-electron chi connectivity index (χ1n) is 5.42. The van der Waals surface area contributed by atoms with E-state index in [0.717, 1.165) is 11.0 Å². The summed E-state index contributed by atoms with van der Waals surface area (Å²) in [6, 6.07) is 10.6. The van der Waals surface area contributed by atoms with Gasteiger partial charge >= 0.3 is 0 Å². The summed E-state index contributed by atoms with van der Waals surface area (Å²) in [5.41, 5.74) is 8.06. The third-order valence-electron chi connectivity index (χ3n) is 2.61. The zero-order chi connectivity index (χ0) is 12.3. The standard InChI is InChI=1S/C13H15BrN2S/c1-16(13-6-12(14)9-17-13)8-11-4-2-10(7-15)3-5-11/h2-6,9H,7-8,15H2,1H3. The van der Waals surface area contributed by atoms with Crippen LogP contribution in [0.2, 0.25) is 0 Å². The van der Waals surface area contributed by atoms with Gasteiger partial charge in [0.05, 0.1) is 5.00 Å². The third kappa shape index (κ3) is 3.31. The second kappa shape index (κ2) is 5.67. The van der Waals surface area contributed by atoms with Crippen molar-refractivity contribution in [2.75, 3.05) is 11.9 Å². The lowest BCUT2D eigenvalue weighted by atomic mass is 10.1. The van der Waals surface area contributed by atoms with Gasteiger partial charge in [0.2, 0.25) is 0 Å². The fraction of sp³-hybridized carbons (Fsp3) is 0.231. The number of hydrogen-bond donors (Lipinski definition) is 1. The van der Waals surface area contributed by atoms with Crippen LogP contribution >= 0.6 is 27.3 Å². The Bertz CT molecular complexity index is 478. The topological polar surface area (TPSA) is 29.3 Å². The molecule has 0 bridgehead atoms. The van der Waals surface area contributed by atoms with Crippen LogP contribution < -0.4 is 10.6 Å². The van der Waals surface area contributed by atoms with E-state index in [4.69, 9.17) is 5.73 Å². The zero-order valence-corrected chi connectivity index (χ0v) is 12.1. The van der Waals surface area contributed by atoms with Crippen LogP contribution in [0.1, 0.15) is 11.1 Å². The maximum absolute atomic E-state index is 5.58. The lowest BCUT2D eigenvalue weighted by Gasteiger charge is -2.17. The molecule has 4 heteroatoms. The number of anilines is 1. The number of hydrogen-bond acceptors (Lipinski definition) is 3. The average molecular weight is 311 g/mol. The summed E-state index contributed by atoms with van der Waals surface area (Å²) >= 11 is 5.22. The fourth-order valence-corrected chi connectivity index (χ4v) is 3.02. The molecule has 1 aromatic carbocycles. The highest BCUT2D eigenvalue weighted by molar-refractivity contribution is 9.10. The van der Waals surface area contributed by atoms with Gasteiger partial charge in [-0.2, -0.15) is 0 Å². The normalized spacial score (nSPS) is 10.5. The Morgan fingerprint density at radius 2 is 1.88 bits per heavy atom. The van der Waals surface area contributed by atoms with Gasteiger partial charge in [-0.05, 0) is 33.1 Å². The molecule has 2 N–H and O–H groups in total. The molecule has 1 aromatic heterocycles. The van der Waals surface area contributed by atoms with Crippen LogP contribution in [0, 0.1) is 0 Å². The minimum atomic E-state index is 0.605. The van der Waals surface area contributed by atoms with Crippen molar-refractivity contribution >= 4 is 32.3 Å². The number of halogens is 1. The molecule has 0 unspecified atom stereocenters. The van der Waals surface area contributed by atoms with Crippen molar-refractivity contribution in [3.05, 3.63) is 51.3 Å². The molecule has 2 aromatic rings. The highest BCUT2D eigenvalue weighted by Crippen LogP contribution is 2.28. The molecule has 0 aliphatic carbocycles. The Morgan fingerprint density at radius 1 is 1.24 bits per heavy atom. The fourth-order valence-electron chi connectivity index (χ4n) is 1.64. The molecule has 0 aliphatic rings. The van der Waals surface area contributed by atoms with Gasteiger partial charge in [0.25, 0.3) is 0 Å². The van der Waals surface area contributed by atoms with E-state index in [1.165, 1.54) is 16.1 Å². The number of nitrogens with two attached hydrogens (primary N) is 1. The van der Waals surface area contributed by atoms with Gasteiger partial charge < -0.3 is 10.6 Å². The van der Waals surface area contributed by atoms with Crippen LogP contribution in [0.15, 0.2) is 40.2 Å². The van der Waals surface area contributed by atoms with Crippen LogP contribution in [0.5, 0.6) is 0 Å². The first kappa shape index (κ1) is 12.6. The van der Waals surface area contributed by atoms with Crippen LogP contribution in [-0.2, 0) is 13.1 Å². The molecule has 17 heavy (non-hydrogen) atoms. The van der Waals surface area contributed by atoms with Crippen molar-refractivity contribution in [3.63, 3.8) is 0 Å². The van der Waals surface area contributed by atoms with E-state index in [-0.39, 0.29) is 0 Å². The molecule has 0 atom stereocenters. The summed E-state index contributed by atoms with van der Waals surface area (Å²) in [5.74, 6) is 0. The van der Waals surface area contributed by atoms with Crippen molar-refractivity contribution in [1.82, 2.24) is 0 Å². The van der Waals surface area contributed by atoms with Crippen molar-refractivity contribution in [2.24, 2.45) is 5.73 Å². The Balaban J connectivity index is 2.04. The summed E-state index contributed by atoms with van der Waals surface area (Å²) in [7, 11) is 2.11. The molecule has 0 spiro atoms. The molecular weight excluding hydrogens is 296 g/mol. The van der Waals surface area contributed by atoms with Gasteiger partial charge in [-0.1, -0.05) is 24.3 Å². The molecule has 0 radical (unpaired) electrons. The summed E-state index contributed by atoms with van der Waals surface area (Å²) in [5, 5.41) is 3.36. The van der Waals surface area contributed by atoms with Gasteiger partial charge in [-0.25, -0.2) is 0 Å². The van der Waals surface area contributed by atoms with E-state index in [9.17, 15) is 0 Å². The average Bonchev–Trinajstić information content (AvgIpc) is 2.77. The maximum Gasteiger partial charge on any atom is 0.0920 e. The summed E-state index contributed by atoms with van der Waals surface area (Å²) in [4.78, 5) is 2.24. The van der Waals surface area contributed by atoms with E-state index in [1.807, 2.05) is 0 Å². The molecule has 0 aliphatic heterocycles. The SMILES string of the molecule is CN(Cc1ccc(CN)cc1)c1cc(Br)cs1. The van der Waals surface area contributed by atoms with Crippen LogP contribution in [0.3, 0.4) is 0 Å². The monoisotopic (exact) mass is 310 g/mol. The smallest absolute Gasteiger partial charge is 0.0920 e. The van der Waals surface area contributed by atoms with Gasteiger partial charge in [-0.15, -0.1) is 11.3 Å². The minimum Gasteiger partial charge on any atom is -0.362 e. The van der Waals surface area contributed by atoms with Gasteiger partial charge in [0.15, 0.2) is 0 Å². The predicted molar refractivity (Wildman–Crippen MR) is 78.5 cm³/mol. The number of rotatable bonds is 4. The molecular formula is C13H15BrN2S. The highest BCUT2D eigenvalue weighted by Gasteiger charge is 2.04. The van der Waals surface area contributed by atoms with Gasteiger partial charge in [0, 0.05) is 30.0 Å². The van der Waals surface area contributed by atoms with Crippen LogP contribution in [0.25, 0.3) is 0 Å². The molecule has 0 amide bonds. The first-order chi connectivity index (χ1) is 8.19. The molecule has 90 valence electrons. The second-order valence-corrected chi connectivity index (χ2v) is 5.79. The molecule has 2 nitrogen and oxygen atoms in total. The lowest BCUT2D eigenvalue weighted by Crippen LogP contribution is -2.14. The van der Waals surface area contributed by atoms with E-state index < -0.39 is 0 Å². The van der Waals surface area contributed by atoms with Crippen molar-refractivity contribution in [3.8, 4) is 0 Å². The predicted octanol–water partition coefficient (Wildman–Crippen LogP) is 3.61. The number of nitrogens with zero attached hydrogens (tertiary/aromatic N) is 1. The minimum absolute atomic E-state index is 0.605. The number of thiophene rings is 1. The van der Waals surface area contributed by atoms with E-state index >= 15 is 0 Å². The van der Waals surface area contributed by atoms with Crippen molar-refractivity contribution in [2.45, 2.75) is 13.1 Å². The molecule has 0 saturated heterocycles. The Kier molecular flexibility index (Phi) is 4.20. The number of benzene rings is 1. The van der Waals surface area contributed by atoms with Gasteiger partial charge in [0.1, 0.15) is 0 Å². The lowest BCUT2D eigenvalue weighted by molar-refractivity contribution is 0.931. The molecule has 1 heterocycles. The van der Waals surface area contributed by atoms with Crippen molar-refractivity contribution in [1.29, 1.82) is 0 Å². The Hall–Kier alpha value is -0.840. The van der Waals surface area contributed by atoms with Crippen molar-refractivity contribution < 1.29 is 0 Å². The summed E-state index contributed by atoms with van der Waals surface area (Å²) in [6.45, 7) is 1.52. The van der Waals surface area contributed by atoms with E-state index in [0.29, 0.717) is 6.54 Å². The molecule has 0 saturated carbocycles. The summed E-state index contributed by atoms with van der Waals surface area (Å²) < 4.78 is 1.14. The molecule has 2 rings (SSSR count). The van der Waals surface area contributed by atoms with E-state index in [2.05, 4.69) is 63.6 Å². The van der Waals surface area contributed by atoms with E-state index in [1.54, 1.807) is 11.3 Å². The largest absolute Gasteiger partial charge is 0.362 e. The highest BCUT2D eigenvalue weighted by atomic mass is 79.9. The third-order valence-corrected chi connectivity index (χ3v) is 4.41. The maximum atomic E-state index is 5.58. The first-order valence-corrected chi connectivity index (χ1v) is 7.09. The quantitative estimate of drug-likeness (QED) is 0.935. The Labute approximate surface area is 114 Å². The van der Waals surface area contributed by atoms with Crippen LogP contribution in [-0.4, -0.2) is 7.05 Å². The summed E-state index contributed by atoms with van der Waals surface area (Å²) in [6.07, 6.45) is 0. The second-order valence-electron chi connectivity index (χ2n) is 3.98. The molecule has 0 fully saturated rings.